The third-order valence-electron chi connectivity index (χ3n) is 2.70. The fourth-order valence-corrected chi connectivity index (χ4v) is 1.51. The normalized spacial score (nSPS) is 11.0. The molecule has 0 aliphatic heterocycles. The molecule has 1 rings (SSSR count). The van der Waals surface area contributed by atoms with Gasteiger partial charge in [-0.1, -0.05) is 12.1 Å². The van der Waals surface area contributed by atoms with E-state index in [1.54, 1.807) is 26.0 Å². The van der Waals surface area contributed by atoms with Crippen LogP contribution in [0.25, 0.3) is 0 Å². The van der Waals surface area contributed by atoms with Gasteiger partial charge in [0.15, 0.2) is 0 Å². The lowest BCUT2D eigenvalue weighted by molar-refractivity contribution is -0.384. The van der Waals surface area contributed by atoms with Crippen LogP contribution in [-0.4, -0.2) is 17.4 Å². The zero-order valence-electron chi connectivity index (χ0n) is 10.2. The van der Waals surface area contributed by atoms with Gasteiger partial charge in [-0.25, -0.2) is 0 Å². The van der Waals surface area contributed by atoms with Crippen molar-refractivity contribution in [1.29, 1.82) is 0 Å². The van der Waals surface area contributed by atoms with Crippen molar-refractivity contribution in [3.63, 3.8) is 0 Å². The highest BCUT2D eigenvalue weighted by molar-refractivity contribution is 5.87. The number of carbonyl (C=O) groups excluding carboxylic acids is 1. The van der Waals surface area contributed by atoms with E-state index in [2.05, 4.69) is 5.32 Å². The van der Waals surface area contributed by atoms with Crippen molar-refractivity contribution in [1.82, 2.24) is 5.32 Å². The summed E-state index contributed by atoms with van der Waals surface area (Å²) in [6.45, 7) is 6.00. The first-order valence-electron chi connectivity index (χ1n) is 5.42. The van der Waals surface area contributed by atoms with E-state index in [-0.39, 0.29) is 11.6 Å². The van der Waals surface area contributed by atoms with E-state index in [0.29, 0.717) is 6.54 Å². The Morgan fingerprint density at radius 1 is 1.35 bits per heavy atom. The van der Waals surface area contributed by atoms with Gasteiger partial charge in [0.2, 0.25) is 5.91 Å². The fraction of sp³-hybridized carbons (Fsp3) is 0.417. The predicted molar refractivity (Wildman–Crippen MR) is 64.8 cm³/mol. The number of nitro benzene ring substituents is 1. The Hall–Kier alpha value is -1.91. The Bertz CT molecular complexity index is 424. The van der Waals surface area contributed by atoms with Crippen LogP contribution in [0.15, 0.2) is 24.3 Å². The molecule has 0 radical (unpaired) electrons. The van der Waals surface area contributed by atoms with Gasteiger partial charge in [-0.15, -0.1) is 0 Å². The summed E-state index contributed by atoms with van der Waals surface area (Å²) in [5.74, 6) is -0.0890. The van der Waals surface area contributed by atoms with Gasteiger partial charge in [0.1, 0.15) is 0 Å². The molecule has 5 heteroatoms. The zero-order valence-corrected chi connectivity index (χ0v) is 10.2. The van der Waals surface area contributed by atoms with E-state index < -0.39 is 10.3 Å². The maximum atomic E-state index is 11.8. The first-order valence-corrected chi connectivity index (χ1v) is 5.42. The summed E-state index contributed by atoms with van der Waals surface area (Å²) in [6, 6.07) is 6.06. The molecule has 1 amide bonds. The Labute approximate surface area is 100.0 Å². The average Bonchev–Trinajstić information content (AvgIpc) is 2.29. The molecule has 0 aromatic heterocycles. The minimum absolute atomic E-state index is 0.0282. The van der Waals surface area contributed by atoms with Gasteiger partial charge >= 0.3 is 0 Å². The highest BCUT2D eigenvalue weighted by Crippen LogP contribution is 2.25. The van der Waals surface area contributed by atoms with Crippen LogP contribution in [0, 0.1) is 10.1 Å². The second kappa shape index (κ2) is 4.95. The number of carbonyl (C=O) groups is 1. The summed E-state index contributed by atoms with van der Waals surface area (Å²) in [4.78, 5) is 21.9. The molecule has 92 valence electrons. The lowest BCUT2D eigenvalue weighted by atomic mass is 9.83. The second-order valence-electron chi connectivity index (χ2n) is 4.29. The average molecular weight is 236 g/mol. The van der Waals surface area contributed by atoms with E-state index in [4.69, 9.17) is 0 Å². The zero-order chi connectivity index (χ0) is 13.1. The molecule has 0 heterocycles. The Morgan fingerprint density at radius 3 is 2.29 bits per heavy atom. The number of hydrogen-bond donors (Lipinski definition) is 1. The fourth-order valence-electron chi connectivity index (χ4n) is 1.51. The SMILES string of the molecule is CCNC(=O)C(C)(C)c1ccc([N+](=O)[O-])cc1. The number of non-ortho nitro benzene ring substituents is 1. The van der Waals surface area contributed by atoms with Crippen molar-refractivity contribution in [2.45, 2.75) is 26.2 Å². The quantitative estimate of drug-likeness (QED) is 0.642. The van der Waals surface area contributed by atoms with Crippen LogP contribution in [0.4, 0.5) is 5.69 Å². The van der Waals surface area contributed by atoms with Crippen LogP contribution in [0.2, 0.25) is 0 Å². The molecule has 0 saturated heterocycles. The number of nitrogens with one attached hydrogen (secondary N) is 1. The van der Waals surface area contributed by atoms with Crippen LogP contribution in [0.1, 0.15) is 26.3 Å². The lowest BCUT2D eigenvalue weighted by Gasteiger charge is -2.23. The monoisotopic (exact) mass is 236 g/mol. The highest BCUT2D eigenvalue weighted by atomic mass is 16.6. The van der Waals surface area contributed by atoms with E-state index >= 15 is 0 Å². The van der Waals surface area contributed by atoms with Crippen molar-refractivity contribution in [3.05, 3.63) is 39.9 Å². The minimum Gasteiger partial charge on any atom is -0.356 e. The molecular weight excluding hydrogens is 220 g/mol. The van der Waals surface area contributed by atoms with Gasteiger partial charge in [0, 0.05) is 18.7 Å². The minimum atomic E-state index is -0.689. The molecule has 0 saturated carbocycles. The summed E-state index contributed by atoms with van der Waals surface area (Å²) >= 11 is 0. The molecule has 0 fully saturated rings. The number of amides is 1. The molecule has 0 aliphatic carbocycles. The summed E-state index contributed by atoms with van der Waals surface area (Å²) in [6.07, 6.45) is 0. The number of nitro groups is 1. The van der Waals surface area contributed by atoms with E-state index in [0.717, 1.165) is 5.56 Å². The van der Waals surface area contributed by atoms with Crippen molar-refractivity contribution in [3.8, 4) is 0 Å². The first-order chi connectivity index (χ1) is 7.89. The van der Waals surface area contributed by atoms with Crippen LogP contribution in [0.5, 0.6) is 0 Å². The van der Waals surface area contributed by atoms with Crippen LogP contribution in [0.3, 0.4) is 0 Å². The maximum absolute atomic E-state index is 11.8. The third kappa shape index (κ3) is 2.81. The summed E-state index contributed by atoms with van der Waals surface area (Å²) in [7, 11) is 0. The number of rotatable bonds is 4. The van der Waals surface area contributed by atoms with Crippen molar-refractivity contribution >= 4 is 11.6 Å². The summed E-state index contributed by atoms with van der Waals surface area (Å²) < 4.78 is 0. The lowest BCUT2D eigenvalue weighted by Crippen LogP contribution is -2.39. The molecule has 1 aromatic carbocycles. The van der Waals surface area contributed by atoms with Gasteiger partial charge in [0.05, 0.1) is 10.3 Å². The molecule has 1 N–H and O–H groups in total. The van der Waals surface area contributed by atoms with Crippen LogP contribution >= 0.6 is 0 Å². The van der Waals surface area contributed by atoms with Gasteiger partial charge in [0.25, 0.3) is 5.69 Å². The highest BCUT2D eigenvalue weighted by Gasteiger charge is 2.29. The number of likely N-dealkylation sites (N-methyl/N-ethyl adjacent to an activating group) is 1. The van der Waals surface area contributed by atoms with Gasteiger partial charge in [-0.2, -0.15) is 0 Å². The van der Waals surface area contributed by atoms with Crippen molar-refractivity contribution in [2.75, 3.05) is 6.54 Å². The first kappa shape index (κ1) is 13.2. The third-order valence-corrected chi connectivity index (χ3v) is 2.70. The largest absolute Gasteiger partial charge is 0.356 e. The molecule has 17 heavy (non-hydrogen) atoms. The number of nitrogens with zero attached hydrogens (tertiary/aromatic N) is 1. The molecule has 0 atom stereocenters. The topological polar surface area (TPSA) is 72.2 Å². The van der Waals surface area contributed by atoms with E-state index in [1.165, 1.54) is 12.1 Å². The molecule has 0 bridgehead atoms. The number of benzene rings is 1. The summed E-state index contributed by atoms with van der Waals surface area (Å²) in [5.41, 5.74) is 0.0972. The van der Waals surface area contributed by atoms with Gasteiger partial charge in [-0.05, 0) is 26.3 Å². The van der Waals surface area contributed by atoms with Crippen LogP contribution < -0.4 is 5.32 Å². The number of hydrogen-bond acceptors (Lipinski definition) is 3. The molecule has 0 unspecified atom stereocenters. The Kier molecular flexibility index (Phi) is 3.83. The van der Waals surface area contributed by atoms with E-state index in [9.17, 15) is 14.9 Å². The molecule has 0 aliphatic rings. The molecule has 5 nitrogen and oxygen atoms in total. The standard InChI is InChI=1S/C12H16N2O3/c1-4-13-11(15)12(2,3)9-5-7-10(8-6-9)14(16)17/h5-8H,4H2,1-3H3,(H,13,15). The van der Waals surface area contributed by atoms with Gasteiger partial charge in [-0.3, -0.25) is 14.9 Å². The molecule has 0 spiro atoms. The van der Waals surface area contributed by atoms with Gasteiger partial charge < -0.3 is 5.32 Å². The Morgan fingerprint density at radius 2 is 1.88 bits per heavy atom. The molecular formula is C12H16N2O3. The van der Waals surface area contributed by atoms with E-state index in [1.807, 2.05) is 6.92 Å². The second-order valence-corrected chi connectivity index (χ2v) is 4.29. The smallest absolute Gasteiger partial charge is 0.269 e. The van der Waals surface area contributed by atoms with Crippen LogP contribution in [-0.2, 0) is 10.2 Å². The van der Waals surface area contributed by atoms with Crippen molar-refractivity contribution in [2.24, 2.45) is 0 Å². The van der Waals surface area contributed by atoms with Crippen molar-refractivity contribution < 1.29 is 9.72 Å². The Balaban J connectivity index is 2.99. The predicted octanol–water partition coefficient (Wildman–Crippen LogP) is 2.01. The maximum Gasteiger partial charge on any atom is 0.269 e. The summed E-state index contributed by atoms with van der Waals surface area (Å²) in [5, 5.41) is 13.3. The molecule has 1 aromatic rings.